The molecule has 0 aliphatic carbocycles. The first-order valence-electron chi connectivity index (χ1n) is 7.66. The molecule has 0 unspecified atom stereocenters. The average molecular weight is 331 g/mol. The van der Waals surface area contributed by atoms with Crippen molar-refractivity contribution >= 4 is 23.4 Å². The summed E-state index contributed by atoms with van der Waals surface area (Å²) in [5, 5.41) is 6.81. The number of halogens is 1. The van der Waals surface area contributed by atoms with Gasteiger partial charge in [-0.15, -0.1) is 0 Å². The number of alkyl carbamates (subject to hydrolysis) is 1. The summed E-state index contributed by atoms with van der Waals surface area (Å²) in [7, 11) is 0. The second-order valence-electron chi connectivity index (χ2n) is 5.75. The first-order chi connectivity index (χ1) is 11.1. The van der Waals surface area contributed by atoms with Gasteiger partial charge in [0.25, 0.3) is 0 Å². The number of anilines is 1. The van der Waals surface area contributed by atoms with Crippen molar-refractivity contribution in [1.29, 1.82) is 0 Å². The smallest absolute Gasteiger partial charge is 0.408 e. The molecular formula is C18H19ClN2O2. The molecule has 1 amide bonds. The summed E-state index contributed by atoms with van der Waals surface area (Å²) in [4.78, 5) is 12.1. The molecule has 0 radical (unpaired) electrons. The van der Waals surface area contributed by atoms with Crippen LogP contribution in [0, 0.1) is 0 Å². The molecule has 4 nitrogen and oxygen atoms in total. The normalized spacial score (nSPS) is 19.4. The minimum absolute atomic E-state index is 0.232. The molecule has 23 heavy (non-hydrogen) atoms. The zero-order chi connectivity index (χ0) is 16.2. The summed E-state index contributed by atoms with van der Waals surface area (Å²) in [6.45, 7) is 2.51. The number of fused-ring (bicyclic) bond motifs is 1. The second kappa shape index (κ2) is 6.92. The Morgan fingerprint density at radius 2 is 2.09 bits per heavy atom. The highest BCUT2D eigenvalue weighted by Crippen LogP contribution is 2.36. The van der Waals surface area contributed by atoms with E-state index < -0.39 is 6.09 Å². The topological polar surface area (TPSA) is 50.4 Å². The van der Waals surface area contributed by atoms with E-state index in [4.69, 9.17) is 16.3 Å². The fraction of sp³-hybridized carbons (Fsp3) is 0.278. The third-order valence-electron chi connectivity index (χ3n) is 3.86. The van der Waals surface area contributed by atoms with E-state index in [0.717, 1.165) is 16.8 Å². The van der Waals surface area contributed by atoms with Crippen molar-refractivity contribution in [2.75, 3.05) is 5.32 Å². The van der Waals surface area contributed by atoms with Gasteiger partial charge in [-0.25, -0.2) is 4.79 Å². The van der Waals surface area contributed by atoms with Gasteiger partial charge in [0, 0.05) is 35.3 Å². The minimum atomic E-state index is -0.418. The van der Waals surface area contributed by atoms with Gasteiger partial charge in [0.05, 0.1) is 0 Å². The van der Waals surface area contributed by atoms with Crippen molar-refractivity contribution in [1.82, 2.24) is 5.32 Å². The fourth-order valence-electron chi connectivity index (χ4n) is 2.76. The van der Waals surface area contributed by atoms with Gasteiger partial charge in [0.2, 0.25) is 0 Å². The number of amides is 1. The van der Waals surface area contributed by atoms with Crippen LogP contribution in [0.4, 0.5) is 10.5 Å². The van der Waals surface area contributed by atoms with Crippen LogP contribution in [-0.2, 0) is 11.3 Å². The fourth-order valence-corrected chi connectivity index (χ4v) is 2.94. The van der Waals surface area contributed by atoms with Crippen LogP contribution in [0.3, 0.4) is 0 Å². The SMILES string of the molecule is C[C@H]1C[C@@H](OC(=O)NCc2ccccc2)c2cc(Cl)ccc2N1. The molecule has 1 aliphatic rings. The standard InChI is InChI=1S/C18H19ClN2O2/c1-12-9-17(15-10-14(19)7-8-16(15)21-12)23-18(22)20-11-13-5-3-2-4-6-13/h2-8,10,12,17,21H,9,11H2,1H3,(H,20,22)/t12-,17+/m0/s1. The molecule has 5 heteroatoms. The third kappa shape index (κ3) is 3.96. The Bertz CT molecular complexity index is 691. The highest BCUT2D eigenvalue weighted by molar-refractivity contribution is 6.30. The van der Waals surface area contributed by atoms with Crippen molar-refractivity contribution in [3.63, 3.8) is 0 Å². The zero-order valence-electron chi connectivity index (χ0n) is 12.9. The van der Waals surface area contributed by atoms with Gasteiger partial charge in [0.15, 0.2) is 0 Å². The largest absolute Gasteiger partial charge is 0.441 e. The molecule has 2 N–H and O–H groups in total. The van der Waals surface area contributed by atoms with E-state index in [-0.39, 0.29) is 12.1 Å². The molecular weight excluding hydrogens is 312 g/mol. The van der Waals surface area contributed by atoms with E-state index in [1.807, 2.05) is 48.5 Å². The Balaban J connectivity index is 1.65. The predicted molar refractivity (Wildman–Crippen MR) is 91.7 cm³/mol. The summed E-state index contributed by atoms with van der Waals surface area (Å²) < 4.78 is 5.62. The maximum atomic E-state index is 12.1. The molecule has 1 aliphatic heterocycles. The van der Waals surface area contributed by atoms with Gasteiger partial charge in [0.1, 0.15) is 6.10 Å². The molecule has 2 aromatic rings. The van der Waals surface area contributed by atoms with Crippen molar-refractivity contribution in [2.45, 2.75) is 32.0 Å². The molecule has 2 atom stereocenters. The molecule has 0 spiro atoms. The molecule has 1 heterocycles. The maximum Gasteiger partial charge on any atom is 0.408 e. The summed E-state index contributed by atoms with van der Waals surface area (Å²) in [5.74, 6) is 0. The van der Waals surface area contributed by atoms with E-state index in [9.17, 15) is 4.79 Å². The van der Waals surface area contributed by atoms with Gasteiger partial charge in [-0.2, -0.15) is 0 Å². The maximum absolute atomic E-state index is 12.1. The van der Waals surface area contributed by atoms with Crippen LogP contribution in [0.15, 0.2) is 48.5 Å². The van der Waals surface area contributed by atoms with E-state index in [0.29, 0.717) is 18.0 Å². The minimum Gasteiger partial charge on any atom is -0.441 e. The Labute approximate surface area is 140 Å². The summed E-state index contributed by atoms with van der Waals surface area (Å²) >= 11 is 6.07. The van der Waals surface area contributed by atoms with E-state index in [2.05, 4.69) is 17.6 Å². The molecule has 3 rings (SSSR count). The van der Waals surface area contributed by atoms with Crippen molar-refractivity contribution < 1.29 is 9.53 Å². The molecule has 0 fully saturated rings. The number of ether oxygens (including phenoxy) is 1. The molecule has 0 bridgehead atoms. The first kappa shape index (κ1) is 15.7. The number of nitrogens with one attached hydrogen (secondary N) is 2. The number of carbonyl (C=O) groups excluding carboxylic acids is 1. The Kier molecular flexibility index (Phi) is 4.72. The van der Waals surface area contributed by atoms with Crippen molar-refractivity contribution in [3.8, 4) is 0 Å². The van der Waals surface area contributed by atoms with Gasteiger partial charge in [-0.1, -0.05) is 41.9 Å². The molecule has 2 aromatic carbocycles. The predicted octanol–water partition coefficient (Wildman–Crippen LogP) is 4.51. The van der Waals surface area contributed by atoms with Crippen molar-refractivity contribution in [3.05, 3.63) is 64.7 Å². The summed E-state index contributed by atoms with van der Waals surface area (Å²) in [6, 6.07) is 15.6. The second-order valence-corrected chi connectivity index (χ2v) is 6.18. The Hall–Kier alpha value is -2.20. The Morgan fingerprint density at radius 3 is 2.87 bits per heavy atom. The van der Waals surface area contributed by atoms with E-state index in [1.165, 1.54) is 0 Å². The first-order valence-corrected chi connectivity index (χ1v) is 8.04. The molecule has 0 saturated heterocycles. The van der Waals surface area contributed by atoms with Gasteiger partial charge in [-0.3, -0.25) is 0 Å². The average Bonchev–Trinajstić information content (AvgIpc) is 2.54. The van der Waals surface area contributed by atoms with Crippen LogP contribution >= 0.6 is 11.6 Å². The molecule has 0 saturated carbocycles. The van der Waals surface area contributed by atoms with Crippen LogP contribution < -0.4 is 10.6 Å². The van der Waals surface area contributed by atoms with Crippen LogP contribution in [-0.4, -0.2) is 12.1 Å². The van der Waals surface area contributed by atoms with Gasteiger partial charge >= 0.3 is 6.09 Å². The lowest BCUT2D eigenvalue weighted by Gasteiger charge is -2.31. The number of carbonyl (C=O) groups is 1. The third-order valence-corrected chi connectivity index (χ3v) is 4.09. The van der Waals surface area contributed by atoms with Crippen LogP contribution in [0.2, 0.25) is 5.02 Å². The van der Waals surface area contributed by atoms with Crippen LogP contribution in [0.1, 0.15) is 30.6 Å². The lowest BCUT2D eigenvalue weighted by atomic mass is 9.96. The van der Waals surface area contributed by atoms with E-state index >= 15 is 0 Å². The molecule has 0 aromatic heterocycles. The number of benzene rings is 2. The zero-order valence-corrected chi connectivity index (χ0v) is 13.6. The van der Waals surface area contributed by atoms with Crippen LogP contribution in [0.25, 0.3) is 0 Å². The number of hydrogen-bond acceptors (Lipinski definition) is 3. The number of hydrogen-bond donors (Lipinski definition) is 2. The summed E-state index contributed by atoms with van der Waals surface area (Å²) in [6.07, 6.45) is 0.00105. The van der Waals surface area contributed by atoms with E-state index in [1.54, 1.807) is 0 Å². The monoisotopic (exact) mass is 330 g/mol. The van der Waals surface area contributed by atoms with Gasteiger partial charge in [-0.05, 0) is 30.7 Å². The molecule has 120 valence electrons. The van der Waals surface area contributed by atoms with Crippen molar-refractivity contribution in [2.24, 2.45) is 0 Å². The quantitative estimate of drug-likeness (QED) is 0.870. The van der Waals surface area contributed by atoms with Gasteiger partial charge < -0.3 is 15.4 Å². The lowest BCUT2D eigenvalue weighted by Crippen LogP contribution is -2.31. The lowest BCUT2D eigenvalue weighted by molar-refractivity contribution is 0.0880. The number of rotatable bonds is 3. The Morgan fingerprint density at radius 1 is 1.30 bits per heavy atom. The van der Waals surface area contributed by atoms with Crippen LogP contribution in [0.5, 0.6) is 0 Å². The highest BCUT2D eigenvalue weighted by Gasteiger charge is 2.27. The highest BCUT2D eigenvalue weighted by atomic mass is 35.5. The summed E-state index contributed by atoms with van der Waals surface area (Å²) in [5.41, 5.74) is 2.92.